The lowest BCUT2D eigenvalue weighted by atomic mass is 10.2. The normalized spacial score (nSPS) is 14.4. The number of pyridine rings is 1. The first kappa shape index (κ1) is 15.3. The molecular formula is C16H17N5OS. The molecule has 0 aromatic carbocycles. The molecule has 0 radical (unpaired) electrons. The molecule has 2 aromatic heterocycles. The summed E-state index contributed by atoms with van der Waals surface area (Å²) in [6.45, 7) is 3.30. The third-order valence-electron chi connectivity index (χ3n) is 3.76. The van der Waals surface area contributed by atoms with Crippen LogP contribution in [0.3, 0.4) is 0 Å². The second-order valence-electron chi connectivity index (χ2n) is 5.23. The predicted molar refractivity (Wildman–Crippen MR) is 89.3 cm³/mol. The molecule has 7 heteroatoms. The van der Waals surface area contributed by atoms with E-state index in [2.05, 4.69) is 21.3 Å². The first-order valence-corrected chi connectivity index (χ1v) is 8.30. The van der Waals surface area contributed by atoms with E-state index in [1.54, 1.807) is 29.7 Å². The number of amides is 2. The Labute approximate surface area is 139 Å². The molecule has 2 amide bonds. The number of nitriles is 1. The molecule has 1 fully saturated rings. The topological polar surface area (TPSA) is 72.3 Å². The molecule has 23 heavy (non-hydrogen) atoms. The summed E-state index contributed by atoms with van der Waals surface area (Å²) >= 11 is 1.64. The minimum absolute atomic E-state index is 0.0308. The van der Waals surface area contributed by atoms with Gasteiger partial charge in [0, 0.05) is 37.3 Å². The fourth-order valence-corrected chi connectivity index (χ4v) is 3.13. The van der Waals surface area contributed by atoms with Crippen LogP contribution < -0.4 is 10.2 Å². The van der Waals surface area contributed by atoms with Gasteiger partial charge in [0.1, 0.15) is 5.82 Å². The van der Waals surface area contributed by atoms with E-state index in [9.17, 15) is 4.79 Å². The lowest BCUT2D eigenvalue weighted by Gasteiger charge is -2.35. The molecule has 0 saturated carbocycles. The quantitative estimate of drug-likeness (QED) is 0.936. The smallest absolute Gasteiger partial charge is 0.317 e. The van der Waals surface area contributed by atoms with E-state index in [0.29, 0.717) is 38.3 Å². The minimum Gasteiger partial charge on any atom is -0.353 e. The Morgan fingerprint density at radius 1 is 1.35 bits per heavy atom. The van der Waals surface area contributed by atoms with E-state index in [4.69, 9.17) is 5.26 Å². The van der Waals surface area contributed by atoms with Gasteiger partial charge in [-0.25, -0.2) is 9.78 Å². The number of carbonyl (C=O) groups is 1. The largest absolute Gasteiger partial charge is 0.353 e. The molecule has 3 rings (SSSR count). The highest BCUT2D eigenvalue weighted by molar-refractivity contribution is 7.09. The number of anilines is 1. The Kier molecular flexibility index (Phi) is 4.74. The van der Waals surface area contributed by atoms with E-state index in [0.717, 1.165) is 10.7 Å². The molecule has 1 aliphatic rings. The molecule has 3 heterocycles. The third kappa shape index (κ3) is 3.79. The number of urea groups is 1. The zero-order valence-corrected chi connectivity index (χ0v) is 13.4. The molecule has 1 aliphatic heterocycles. The number of thiophene rings is 1. The third-order valence-corrected chi connectivity index (χ3v) is 4.64. The molecule has 0 spiro atoms. The molecule has 2 aromatic rings. The number of piperazine rings is 1. The maximum absolute atomic E-state index is 12.2. The van der Waals surface area contributed by atoms with Crippen molar-refractivity contribution >= 4 is 23.2 Å². The zero-order chi connectivity index (χ0) is 16.1. The van der Waals surface area contributed by atoms with E-state index in [-0.39, 0.29) is 6.03 Å². The van der Waals surface area contributed by atoms with Crippen molar-refractivity contribution in [3.8, 4) is 6.07 Å². The second-order valence-corrected chi connectivity index (χ2v) is 6.26. The van der Waals surface area contributed by atoms with Gasteiger partial charge in [-0.05, 0) is 23.6 Å². The average Bonchev–Trinajstić information content (AvgIpc) is 3.13. The summed E-state index contributed by atoms with van der Waals surface area (Å²) in [6, 6.07) is 9.56. The summed E-state index contributed by atoms with van der Waals surface area (Å²) in [5.41, 5.74) is 0.603. The number of nitrogens with zero attached hydrogens (tertiary/aromatic N) is 4. The van der Waals surface area contributed by atoms with Crippen LogP contribution in [0.4, 0.5) is 10.6 Å². The van der Waals surface area contributed by atoms with Gasteiger partial charge in [-0.2, -0.15) is 5.26 Å². The van der Waals surface area contributed by atoms with E-state index in [1.807, 2.05) is 22.4 Å². The van der Waals surface area contributed by atoms with Gasteiger partial charge in [-0.1, -0.05) is 6.07 Å². The van der Waals surface area contributed by atoms with Gasteiger partial charge in [0.2, 0.25) is 0 Å². The van der Waals surface area contributed by atoms with Gasteiger partial charge in [0.25, 0.3) is 0 Å². The van der Waals surface area contributed by atoms with E-state index < -0.39 is 0 Å². The van der Waals surface area contributed by atoms with Gasteiger partial charge >= 0.3 is 6.03 Å². The van der Waals surface area contributed by atoms with Crippen LogP contribution in [0.1, 0.15) is 10.4 Å². The summed E-state index contributed by atoms with van der Waals surface area (Å²) in [5.74, 6) is 0.794. The van der Waals surface area contributed by atoms with Crippen molar-refractivity contribution in [3.63, 3.8) is 0 Å². The maximum Gasteiger partial charge on any atom is 0.317 e. The Bertz CT molecular complexity index is 702. The number of aromatic nitrogens is 1. The molecule has 0 aliphatic carbocycles. The highest BCUT2D eigenvalue weighted by atomic mass is 32.1. The second kappa shape index (κ2) is 7.11. The molecular weight excluding hydrogens is 310 g/mol. The Morgan fingerprint density at radius 3 is 2.87 bits per heavy atom. The monoisotopic (exact) mass is 327 g/mol. The molecule has 6 nitrogen and oxygen atoms in total. The van der Waals surface area contributed by atoms with Crippen LogP contribution in [0, 0.1) is 11.3 Å². The van der Waals surface area contributed by atoms with E-state index in [1.165, 1.54) is 0 Å². The van der Waals surface area contributed by atoms with Crippen LogP contribution in [-0.4, -0.2) is 42.1 Å². The standard InChI is InChI=1S/C16H17N5OS/c17-11-13-3-4-18-15(10-13)20-5-7-21(8-6-20)16(22)19-12-14-2-1-9-23-14/h1-4,9-10H,5-8,12H2,(H,19,22). The number of rotatable bonds is 3. The molecule has 118 valence electrons. The van der Waals surface area contributed by atoms with Gasteiger partial charge in [-0.3, -0.25) is 0 Å². The number of nitrogens with one attached hydrogen (secondary N) is 1. The van der Waals surface area contributed by atoms with E-state index >= 15 is 0 Å². The lowest BCUT2D eigenvalue weighted by molar-refractivity contribution is 0.194. The zero-order valence-electron chi connectivity index (χ0n) is 12.6. The summed E-state index contributed by atoms with van der Waals surface area (Å²) in [4.78, 5) is 21.6. The summed E-state index contributed by atoms with van der Waals surface area (Å²) < 4.78 is 0. The Hall–Kier alpha value is -2.59. The van der Waals surface area contributed by atoms with Crippen molar-refractivity contribution in [1.29, 1.82) is 5.26 Å². The fourth-order valence-electron chi connectivity index (χ4n) is 2.49. The van der Waals surface area contributed by atoms with Crippen molar-refractivity contribution in [2.45, 2.75) is 6.54 Å². The van der Waals surface area contributed by atoms with Crippen molar-refractivity contribution in [3.05, 3.63) is 46.3 Å². The van der Waals surface area contributed by atoms with Gasteiger partial charge < -0.3 is 15.1 Å². The minimum atomic E-state index is -0.0308. The van der Waals surface area contributed by atoms with Crippen molar-refractivity contribution < 1.29 is 4.79 Å². The highest BCUT2D eigenvalue weighted by Crippen LogP contribution is 2.15. The Morgan fingerprint density at radius 2 is 2.17 bits per heavy atom. The van der Waals surface area contributed by atoms with Crippen LogP contribution in [0.25, 0.3) is 0 Å². The Balaban J connectivity index is 1.51. The SMILES string of the molecule is N#Cc1ccnc(N2CCN(C(=O)NCc3cccs3)CC2)c1. The summed E-state index contributed by atoms with van der Waals surface area (Å²) in [7, 11) is 0. The van der Waals surface area contributed by atoms with Crippen LogP contribution in [0.5, 0.6) is 0 Å². The van der Waals surface area contributed by atoms with Crippen LogP contribution in [-0.2, 0) is 6.54 Å². The summed E-state index contributed by atoms with van der Waals surface area (Å²) in [5, 5.41) is 13.9. The highest BCUT2D eigenvalue weighted by Gasteiger charge is 2.21. The molecule has 0 bridgehead atoms. The average molecular weight is 327 g/mol. The van der Waals surface area contributed by atoms with Crippen molar-refractivity contribution in [2.75, 3.05) is 31.1 Å². The summed E-state index contributed by atoms with van der Waals surface area (Å²) in [6.07, 6.45) is 1.65. The number of hydrogen-bond donors (Lipinski definition) is 1. The predicted octanol–water partition coefficient (Wildman–Crippen LogP) is 2.05. The van der Waals surface area contributed by atoms with Crippen molar-refractivity contribution in [2.24, 2.45) is 0 Å². The van der Waals surface area contributed by atoms with Gasteiger partial charge in [-0.15, -0.1) is 11.3 Å². The molecule has 1 N–H and O–H groups in total. The molecule has 0 unspecified atom stereocenters. The molecule has 1 saturated heterocycles. The van der Waals surface area contributed by atoms with Crippen LogP contribution >= 0.6 is 11.3 Å². The van der Waals surface area contributed by atoms with Gasteiger partial charge in [0.05, 0.1) is 18.2 Å². The fraction of sp³-hybridized carbons (Fsp3) is 0.312. The van der Waals surface area contributed by atoms with Crippen LogP contribution in [0.15, 0.2) is 35.8 Å². The van der Waals surface area contributed by atoms with Gasteiger partial charge in [0.15, 0.2) is 0 Å². The number of carbonyl (C=O) groups excluding carboxylic acids is 1. The van der Waals surface area contributed by atoms with Crippen LogP contribution in [0.2, 0.25) is 0 Å². The molecule has 0 atom stereocenters. The van der Waals surface area contributed by atoms with Crippen molar-refractivity contribution in [1.82, 2.24) is 15.2 Å². The number of hydrogen-bond acceptors (Lipinski definition) is 5. The first-order chi connectivity index (χ1) is 11.3. The maximum atomic E-state index is 12.2. The first-order valence-electron chi connectivity index (χ1n) is 7.42. The lowest BCUT2D eigenvalue weighted by Crippen LogP contribution is -2.51.